The van der Waals surface area contributed by atoms with Crippen LogP contribution in [-0.4, -0.2) is 34.3 Å². The largest absolute Gasteiger partial charge is 0.376 e. The molecule has 4 rings (SSSR count). The second-order valence-corrected chi connectivity index (χ2v) is 9.20. The molecule has 1 unspecified atom stereocenters. The molecule has 1 fully saturated rings. The van der Waals surface area contributed by atoms with Gasteiger partial charge in [-0.3, -0.25) is 4.79 Å². The fraction of sp³-hybridized carbons (Fsp3) is 0.385. The van der Waals surface area contributed by atoms with Gasteiger partial charge in [-0.1, -0.05) is 29.8 Å². The van der Waals surface area contributed by atoms with Crippen molar-refractivity contribution in [3.8, 4) is 0 Å². The van der Waals surface area contributed by atoms with Gasteiger partial charge in [0.25, 0.3) is 5.56 Å². The van der Waals surface area contributed by atoms with E-state index in [-0.39, 0.29) is 11.7 Å². The van der Waals surface area contributed by atoms with E-state index in [4.69, 9.17) is 17.0 Å². The van der Waals surface area contributed by atoms with Crippen LogP contribution in [0.4, 0.5) is 0 Å². The highest BCUT2D eigenvalue weighted by atomic mass is 32.1. The van der Waals surface area contributed by atoms with Crippen molar-refractivity contribution in [1.29, 1.82) is 0 Å². The molecule has 2 N–H and O–H groups in total. The Morgan fingerprint density at radius 3 is 2.59 bits per heavy atom. The maximum atomic E-state index is 12.9. The Morgan fingerprint density at radius 2 is 1.88 bits per heavy atom. The van der Waals surface area contributed by atoms with Gasteiger partial charge in [0.05, 0.1) is 12.6 Å². The second-order valence-electron chi connectivity index (χ2n) is 8.81. The molecule has 0 bridgehead atoms. The number of nitrogens with one attached hydrogen (secondary N) is 2. The summed E-state index contributed by atoms with van der Waals surface area (Å²) >= 11 is 5.76. The normalized spacial score (nSPS) is 15.8. The van der Waals surface area contributed by atoms with Crippen LogP contribution in [0.1, 0.15) is 40.7 Å². The molecule has 0 amide bonds. The van der Waals surface area contributed by atoms with Crippen LogP contribution in [0.3, 0.4) is 0 Å². The van der Waals surface area contributed by atoms with Crippen LogP contribution in [0.25, 0.3) is 10.9 Å². The van der Waals surface area contributed by atoms with Crippen molar-refractivity contribution in [3.63, 3.8) is 0 Å². The molecule has 3 aromatic rings. The first kappa shape index (κ1) is 22.5. The fourth-order valence-electron chi connectivity index (χ4n) is 4.08. The summed E-state index contributed by atoms with van der Waals surface area (Å²) in [6.45, 7) is 8.79. The number of aromatic amines is 1. The van der Waals surface area contributed by atoms with Crippen molar-refractivity contribution < 1.29 is 4.74 Å². The van der Waals surface area contributed by atoms with Gasteiger partial charge in [-0.15, -0.1) is 0 Å². The molecule has 1 saturated heterocycles. The molecule has 1 atom stereocenters. The lowest BCUT2D eigenvalue weighted by molar-refractivity contribution is 0.113. The monoisotopic (exact) mass is 449 g/mol. The van der Waals surface area contributed by atoms with Crippen LogP contribution < -0.4 is 10.9 Å². The maximum absolute atomic E-state index is 12.9. The highest BCUT2D eigenvalue weighted by Crippen LogP contribution is 2.19. The van der Waals surface area contributed by atoms with Gasteiger partial charge in [0.2, 0.25) is 0 Å². The lowest BCUT2D eigenvalue weighted by Gasteiger charge is -2.27. The summed E-state index contributed by atoms with van der Waals surface area (Å²) in [6, 6.07) is 14.6. The van der Waals surface area contributed by atoms with Gasteiger partial charge in [0, 0.05) is 30.8 Å². The number of hydrogen-bond acceptors (Lipinski definition) is 3. The minimum atomic E-state index is -0.0726. The van der Waals surface area contributed by atoms with Crippen molar-refractivity contribution in [3.05, 3.63) is 80.6 Å². The van der Waals surface area contributed by atoms with Crippen molar-refractivity contribution in [1.82, 2.24) is 15.2 Å². The maximum Gasteiger partial charge on any atom is 0.253 e. The van der Waals surface area contributed by atoms with Crippen molar-refractivity contribution in [2.45, 2.75) is 52.8 Å². The Bertz CT molecular complexity index is 1160. The fourth-order valence-corrected chi connectivity index (χ4v) is 4.29. The van der Waals surface area contributed by atoms with E-state index < -0.39 is 0 Å². The first-order chi connectivity index (χ1) is 15.4. The van der Waals surface area contributed by atoms with Crippen LogP contribution in [0.15, 0.2) is 47.3 Å². The third-order valence-corrected chi connectivity index (χ3v) is 6.59. The number of pyridine rings is 1. The quantitative estimate of drug-likeness (QED) is 0.543. The van der Waals surface area contributed by atoms with E-state index in [0.29, 0.717) is 30.3 Å². The lowest BCUT2D eigenvalue weighted by atomic mass is 10.0. The summed E-state index contributed by atoms with van der Waals surface area (Å²) in [4.78, 5) is 18.0. The summed E-state index contributed by atoms with van der Waals surface area (Å²) in [5.41, 5.74) is 6.25. The van der Waals surface area contributed by atoms with Gasteiger partial charge in [0.15, 0.2) is 5.11 Å². The number of H-pyrrole nitrogens is 1. The zero-order valence-corrected chi connectivity index (χ0v) is 19.8. The number of rotatable bonds is 6. The van der Waals surface area contributed by atoms with Crippen LogP contribution in [0.2, 0.25) is 0 Å². The van der Waals surface area contributed by atoms with E-state index in [1.807, 2.05) is 12.1 Å². The van der Waals surface area contributed by atoms with Crippen molar-refractivity contribution >= 4 is 28.2 Å². The van der Waals surface area contributed by atoms with Crippen molar-refractivity contribution in [2.75, 3.05) is 13.2 Å². The van der Waals surface area contributed by atoms with E-state index in [9.17, 15) is 4.79 Å². The Morgan fingerprint density at radius 1 is 1.12 bits per heavy atom. The zero-order valence-electron chi connectivity index (χ0n) is 19.0. The molecule has 2 heterocycles. The summed E-state index contributed by atoms with van der Waals surface area (Å²) in [5.74, 6) is 0. The summed E-state index contributed by atoms with van der Waals surface area (Å²) < 4.78 is 5.73. The van der Waals surface area contributed by atoms with E-state index in [2.05, 4.69) is 66.3 Å². The van der Waals surface area contributed by atoms with Gasteiger partial charge in [-0.25, -0.2) is 0 Å². The number of hydrogen-bond donors (Lipinski definition) is 2. The average Bonchev–Trinajstić information content (AvgIpc) is 3.29. The van der Waals surface area contributed by atoms with E-state index in [1.165, 1.54) is 16.7 Å². The number of benzene rings is 2. The van der Waals surface area contributed by atoms with Crippen molar-refractivity contribution in [2.24, 2.45) is 0 Å². The topological polar surface area (TPSA) is 57.4 Å². The van der Waals surface area contributed by atoms with Crippen LogP contribution in [0.5, 0.6) is 0 Å². The molecule has 168 valence electrons. The average molecular weight is 450 g/mol. The minimum absolute atomic E-state index is 0.0726. The predicted octanol–water partition coefficient (Wildman–Crippen LogP) is 4.51. The number of thiocarbonyl (C=S) groups is 1. The van der Waals surface area contributed by atoms with Crippen LogP contribution in [-0.2, 0) is 17.8 Å². The Kier molecular flexibility index (Phi) is 6.92. The van der Waals surface area contributed by atoms with E-state index in [0.717, 1.165) is 35.9 Å². The van der Waals surface area contributed by atoms with Gasteiger partial charge in [0.1, 0.15) is 0 Å². The predicted molar refractivity (Wildman–Crippen MR) is 134 cm³/mol. The highest BCUT2D eigenvalue weighted by Gasteiger charge is 2.18. The smallest absolute Gasteiger partial charge is 0.253 e. The first-order valence-electron chi connectivity index (χ1n) is 11.2. The summed E-state index contributed by atoms with van der Waals surface area (Å²) in [7, 11) is 0. The number of aromatic nitrogens is 1. The van der Waals surface area contributed by atoms with Crippen LogP contribution >= 0.6 is 12.2 Å². The molecule has 0 spiro atoms. The summed E-state index contributed by atoms with van der Waals surface area (Å²) in [5, 5.41) is 5.05. The molecule has 0 radical (unpaired) electrons. The van der Waals surface area contributed by atoms with Gasteiger partial charge in [-0.2, -0.15) is 0 Å². The molecule has 0 saturated carbocycles. The summed E-state index contributed by atoms with van der Waals surface area (Å²) in [6.07, 6.45) is 2.35. The SMILES string of the molecule is Cc1ccc(CN(Cc2cc3cc(C)c(C)cc3[nH]c2=O)C(=S)NCC2CCCO2)cc1. The van der Waals surface area contributed by atoms with Gasteiger partial charge >= 0.3 is 0 Å². The third kappa shape index (κ3) is 5.37. The van der Waals surface area contributed by atoms with E-state index >= 15 is 0 Å². The highest BCUT2D eigenvalue weighted by molar-refractivity contribution is 7.80. The molecular weight excluding hydrogens is 418 g/mol. The molecule has 1 aliphatic rings. The Labute approximate surface area is 194 Å². The lowest BCUT2D eigenvalue weighted by Crippen LogP contribution is -2.42. The molecule has 2 aromatic carbocycles. The third-order valence-electron chi connectivity index (χ3n) is 6.18. The van der Waals surface area contributed by atoms with Gasteiger partial charge < -0.3 is 19.9 Å². The minimum Gasteiger partial charge on any atom is -0.376 e. The number of ether oxygens (including phenoxy) is 1. The molecular formula is C26H31N3O2S. The molecule has 6 heteroatoms. The Hall–Kier alpha value is -2.70. The molecule has 1 aromatic heterocycles. The second kappa shape index (κ2) is 9.84. The Balaban J connectivity index is 1.58. The molecule has 1 aliphatic heterocycles. The van der Waals surface area contributed by atoms with Gasteiger partial charge in [-0.05, 0) is 86.1 Å². The number of aryl methyl sites for hydroxylation is 3. The van der Waals surface area contributed by atoms with E-state index in [1.54, 1.807) is 0 Å². The molecule has 32 heavy (non-hydrogen) atoms. The number of nitrogens with zero attached hydrogens (tertiary/aromatic N) is 1. The molecule has 0 aliphatic carbocycles. The zero-order chi connectivity index (χ0) is 22.7. The first-order valence-corrected chi connectivity index (χ1v) is 11.6. The standard InChI is InChI=1S/C26H31N3O2S/c1-17-6-8-20(9-7-17)15-29(26(32)27-14-23-5-4-10-31-23)16-22-13-21-11-18(2)19(3)12-24(21)28-25(22)30/h6-9,11-13,23H,4-5,10,14-16H2,1-3H3,(H,27,32)(H,28,30). The number of fused-ring (bicyclic) bond motifs is 1. The molecule has 5 nitrogen and oxygen atoms in total. The van der Waals surface area contributed by atoms with Crippen LogP contribution in [0, 0.1) is 20.8 Å².